The standard InChI is InChI=1S/C25H29N5O2.C20H22N6O2.C5H11N.C4H9NO2/c1-25(2)18-11-19-17(16-9-5-6-14-12-26-29-22(14)23(16)28-19)10-20(18)30(24(25)32)13-21(31)27-15-7-3-4-8-15;1-20(2)13-7-14-12(6-15(13)26(19(20)28)9-16(27)24-21)11-5-3-4-10-8-22-25-17(10)18(11)23-14;6-5-3-1-2-4-5;1-4(2,3)7-5-6/h10-12,15,28H,3-9,13H2,1-2H3,(H,26,29)(H,27,31);6-8,23H,3-5,9,21H2,1-2H3,(H,22,25)(H,24,27);5H,1-4,6H2;1-3H3. The lowest BCUT2D eigenvalue weighted by Crippen LogP contribution is -2.44. The van der Waals surface area contributed by atoms with Gasteiger partial charge in [0, 0.05) is 45.3 Å². The zero-order chi connectivity index (χ0) is 52.0. The summed E-state index contributed by atoms with van der Waals surface area (Å²) in [4.78, 5) is 75.1. The predicted octanol–water partition coefficient (Wildman–Crippen LogP) is 7.76. The molecule has 73 heavy (non-hydrogen) atoms. The van der Waals surface area contributed by atoms with E-state index >= 15 is 0 Å². The van der Waals surface area contributed by atoms with Crippen LogP contribution in [0.2, 0.25) is 0 Å². The summed E-state index contributed by atoms with van der Waals surface area (Å²) in [5, 5.41) is 22.4. The molecule has 0 saturated heterocycles. The van der Waals surface area contributed by atoms with Crippen molar-refractivity contribution in [3.63, 3.8) is 0 Å². The van der Waals surface area contributed by atoms with Gasteiger partial charge in [-0.25, -0.2) is 5.84 Å². The van der Waals surface area contributed by atoms with E-state index in [0.29, 0.717) is 6.04 Å². The quantitative estimate of drug-likeness (QED) is 0.0347. The van der Waals surface area contributed by atoms with Crippen LogP contribution < -0.4 is 32.1 Å². The maximum absolute atomic E-state index is 13.4. The Bertz CT molecular complexity index is 3060. The molecule has 0 atom stereocenters. The summed E-state index contributed by atoms with van der Waals surface area (Å²) in [6.07, 6.45) is 19.4. The van der Waals surface area contributed by atoms with Crippen LogP contribution in [-0.4, -0.2) is 84.8 Å². The fourth-order valence-corrected chi connectivity index (χ4v) is 11.5. The molecule has 10 N–H and O–H groups in total. The molecule has 6 aliphatic rings. The first-order chi connectivity index (χ1) is 34.8. The normalized spacial score (nSPS) is 18.4. The molecule has 2 saturated carbocycles. The van der Waals surface area contributed by atoms with Gasteiger partial charge in [-0.05, 0) is 170 Å². The average molecular weight is 998 g/mol. The number of H-pyrrole nitrogens is 4. The third-order valence-electron chi connectivity index (χ3n) is 15.4. The number of hydrogen-bond donors (Lipinski definition) is 8. The van der Waals surface area contributed by atoms with E-state index < -0.39 is 22.3 Å². The summed E-state index contributed by atoms with van der Waals surface area (Å²) in [6.45, 7) is 13.0. The number of nitrogens with zero attached hydrogens (tertiary/aromatic N) is 5. The third-order valence-corrected chi connectivity index (χ3v) is 15.4. The summed E-state index contributed by atoms with van der Waals surface area (Å²) >= 11 is 0. The number of aromatic amines is 4. The minimum absolute atomic E-state index is 0.0105. The van der Waals surface area contributed by atoms with E-state index in [0.717, 1.165) is 131 Å². The largest absolute Gasteiger partial charge is 0.358 e. The van der Waals surface area contributed by atoms with Crippen LogP contribution >= 0.6 is 0 Å². The molecule has 6 heterocycles. The summed E-state index contributed by atoms with van der Waals surface area (Å²) < 4.78 is 0. The molecule has 0 radical (unpaired) electrons. The first-order valence-electron chi connectivity index (χ1n) is 25.9. The maximum Gasteiger partial charge on any atom is 0.253 e. The van der Waals surface area contributed by atoms with Gasteiger partial charge in [-0.1, -0.05) is 25.7 Å². The van der Waals surface area contributed by atoms with Crippen LogP contribution in [0.5, 0.6) is 0 Å². The van der Waals surface area contributed by atoms with Gasteiger partial charge in [0.05, 0.1) is 46.0 Å². The fraction of sp³-hybridized carbons (Fsp3) is 0.519. The van der Waals surface area contributed by atoms with Crippen molar-refractivity contribution in [2.45, 2.75) is 167 Å². The highest BCUT2D eigenvalue weighted by atomic mass is 16.7. The first kappa shape index (κ1) is 51.1. The fourth-order valence-electron chi connectivity index (χ4n) is 11.5. The molecular weight excluding hydrogens is 927 g/mol. The van der Waals surface area contributed by atoms with Crippen LogP contribution in [0, 0.1) is 4.91 Å². The number of hydrogen-bond acceptors (Lipinski definition) is 11. The Morgan fingerprint density at radius 3 is 1.55 bits per heavy atom. The van der Waals surface area contributed by atoms with Gasteiger partial charge in [-0.2, -0.15) is 10.2 Å². The topological polar surface area (TPSA) is 278 Å². The number of fused-ring (bicyclic) bond motifs is 12. The number of aromatic nitrogens is 6. The van der Waals surface area contributed by atoms with Crippen molar-refractivity contribution in [3.8, 4) is 22.8 Å². The van der Waals surface area contributed by atoms with Crippen LogP contribution in [0.4, 0.5) is 11.4 Å². The minimum Gasteiger partial charge on any atom is -0.358 e. The second-order valence-electron chi connectivity index (χ2n) is 22.5. The van der Waals surface area contributed by atoms with Crippen molar-refractivity contribution >= 4 is 56.8 Å². The number of benzene rings is 2. The number of nitrogens with two attached hydrogens (primary N) is 2. The average Bonchev–Trinajstić information content (AvgIpc) is 4.24. The van der Waals surface area contributed by atoms with E-state index in [1.165, 1.54) is 52.8 Å². The van der Waals surface area contributed by atoms with E-state index in [-0.39, 0.29) is 36.9 Å². The number of nitrogens with one attached hydrogen (secondary N) is 6. The predicted molar refractivity (Wildman–Crippen MR) is 282 cm³/mol. The summed E-state index contributed by atoms with van der Waals surface area (Å²) in [7, 11) is 0. The van der Waals surface area contributed by atoms with E-state index in [9.17, 15) is 24.1 Å². The molecule has 388 valence electrons. The van der Waals surface area contributed by atoms with Crippen LogP contribution in [0.15, 0.2) is 42.0 Å². The Balaban J connectivity index is 0.000000145. The summed E-state index contributed by atoms with van der Waals surface area (Å²) in [5.74, 6) is 4.68. The highest BCUT2D eigenvalue weighted by molar-refractivity contribution is 6.14. The number of aryl methyl sites for hydroxylation is 4. The molecule has 12 rings (SSSR count). The van der Waals surface area contributed by atoms with Crippen molar-refractivity contribution in [1.29, 1.82) is 0 Å². The lowest BCUT2D eigenvalue weighted by molar-refractivity contribution is -0.125. The Morgan fingerprint density at radius 1 is 0.699 bits per heavy atom. The minimum atomic E-state index is -0.708. The van der Waals surface area contributed by atoms with Crippen molar-refractivity contribution in [2.75, 3.05) is 22.9 Å². The van der Waals surface area contributed by atoms with Gasteiger partial charge in [-0.3, -0.25) is 34.8 Å². The molecule has 4 amide bonds. The maximum atomic E-state index is 13.4. The number of rotatable bonds is 6. The lowest BCUT2D eigenvalue weighted by Gasteiger charge is -2.21. The summed E-state index contributed by atoms with van der Waals surface area (Å²) in [5.41, 5.74) is 20.6. The Labute approximate surface area is 425 Å². The molecule has 4 aromatic heterocycles. The van der Waals surface area contributed by atoms with Crippen molar-refractivity contribution in [1.82, 2.24) is 41.1 Å². The molecule has 19 heteroatoms. The lowest BCUT2D eigenvalue weighted by atomic mass is 9.85. The van der Waals surface area contributed by atoms with Gasteiger partial charge in [0.25, 0.3) is 5.91 Å². The van der Waals surface area contributed by atoms with Gasteiger partial charge in [0.1, 0.15) is 18.7 Å². The SMILES string of the molecule is CC(C)(C)ON=O.CC1(C)C(=O)N(CC(=O)NC2CCCC2)c2cc3c4c([nH]c3cc21)-c1[nH]ncc1CCC4.CC1(C)C(=O)N(CC(=O)NN)c2cc3c4c([nH]c3cc21)-c1[nH]ncc1CCC4.NC1CCCC1. The Kier molecular flexibility index (Phi) is 14.1. The summed E-state index contributed by atoms with van der Waals surface area (Å²) in [6, 6.07) is 9.12. The van der Waals surface area contributed by atoms with E-state index in [4.69, 9.17) is 11.6 Å². The Hall–Kier alpha value is -6.86. The van der Waals surface area contributed by atoms with E-state index in [1.807, 2.05) is 52.2 Å². The van der Waals surface area contributed by atoms with Crippen LogP contribution in [0.1, 0.15) is 146 Å². The molecule has 6 aromatic rings. The molecule has 4 aliphatic carbocycles. The van der Waals surface area contributed by atoms with Crippen molar-refractivity contribution in [3.05, 3.63) is 74.9 Å². The number of amides is 4. The smallest absolute Gasteiger partial charge is 0.253 e. The number of carbonyl (C=O) groups excluding carboxylic acids is 4. The molecule has 0 spiro atoms. The number of hydrazine groups is 1. The first-order valence-corrected chi connectivity index (χ1v) is 25.9. The van der Waals surface area contributed by atoms with E-state index in [2.05, 4.69) is 63.4 Å². The molecule has 2 aliphatic heterocycles. The van der Waals surface area contributed by atoms with Gasteiger partial charge in [-0.15, -0.1) is 4.91 Å². The molecule has 0 bridgehead atoms. The van der Waals surface area contributed by atoms with E-state index in [1.54, 1.807) is 25.7 Å². The second kappa shape index (κ2) is 20.2. The van der Waals surface area contributed by atoms with Gasteiger partial charge in [0.2, 0.25) is 17.7 Å². The molecular formula is C54H71N13O6. The van der Waals surface area contributed by atoms with Crippen LogP contribution in [0.3, 0.4) is 0 Å². The molecule has 2 fully saturated rings. The van der Waals surface area contributed by atoms with Gasteiger partial charge < -0.3 is 35.7 Å². The van der Waals surface area contributed by atoms with Crippen molar-refractivity contribution in [2.24, 2.45) is 16.9 Å². The molecule has 0 unspecified atom stereocenters. The number of carbonyl (C=O) groups is 4. The monoisotopic (exact) mass is 998 g/mol. The second-order valence-corrected chi connectivity index (χ2v) is 22.5. The molecule has 2 aromatic carbocycles. The van der Waals surface area contributed by atoms with Crippen LogP contribution in [0.25, 0.3) is 44.6 Å². The van der Waals surface area contributed by atoms with Crippen molar-refractivity contribution < 1.29 is 24.0 Å². The highest BCUT2D eigenvalue weighted by Gasteiger charge is 2.46. The zero-order valence-electron chi connectivity index (χ0n) is 43.3. The highest BCUT2D eigenvalue weighted by Crippen LogP contribution is 2.48. The third kappa shape index (κ3) is 10.0. The van der Waals surface area contributed by atoms with Crippen LogP contribution in [-0.2, 0) is 60.5 Å². The van der Waals surface area contributed by atoms with Gasteiger partial charge in [0.15, 0.2) is 5.34 Å². The zero-order valence-corrected chi connectivity index (χ0v) is 43.3. The molecule has 19 nitrogen and oxygen atoms in total. The number of anilines is 2. The van der Waals surface area contributed by atoms with Gasteiger partial charge >= 0.3 is 0 Å². The Morgan fingerprint density at radius 2 is 1.15 bits per heavy atom.